The van der Waals surface area contributed by atoms with Gasteiger partial charge in [-0.05, 0) is 0 Å². The van der Waals surface area contributed by atoms with E-state index < -0.39 is 6.83 Å². The summed E-state index contributed by atoms with van der Waals surface area (Å²) in [6, 6.07) is 0. The molecule has 0 amide bonds. The summed E-state index contributed by atoms with van der Waals surface area (Å²) in [4.78, 5) is 12.2. The maximum atomic E-state index is 12.2. The molecule has 0 fully saturated rings. The van der Waals surface area contributed by atoms with Crippen LogP contribution in [0, 0.1) is 0 Å². The van der Waals surface area contributed by atoms with E-state index in [9.17, 15) is 4.79 Å². The molecule has 0 aliphatic rings. The van der Waals surface area contributed by atoms with E-state index in [0.29, 0.717) is 46.2 Å². The standard InChI is InChI=1S/C17H37O6P/c1-6-20-13-14-21-10-9-17(18)23-24(5,7-2,8-3)16-15-22-12-11-19-4/h6-16H2,1-5H3. The number of carbonyl (C=O) groups excluding carboxylic acids is 1. The quantitative estimate of drug-likeness (QED) is 0.308. The van der Waals surface area contributed by atoms with Crippen LogP contribution < -0.4 is 0 Å². The Bertz CT molecular complexity index is 333. The summed E-state index contributed by atoms with van der Waals surface area (Å²) >= 11 is 0. The molecule has 0 aromatic rings. The van der Waals surface area contributed by atoms with Gasteiger partial charge in [0.25, 0.3) is 0 Å². The minimum absolute atomic E-state index is 0.174. The molecule has 0 saturated carbocycles. The third-order valence-corrected chi connectivity index (χ3v) is 10.3. The van der Waals surface area contributed by atoms with E-state index in [1.807, 2.05) is 6.92 Å². The van der Waals surface area contributed by atoms with E-state index in [1.54, 1.807) is 7.11 Å². The molecule has 146 valence electrons. The Morgan fingerprint density at radius 2 is 1.42 bits per heavy atom. The van der Waals surface area contributed by atoms with Gasteiger partial charge in [0.05, 0.1) is 0 Å². The molecular weight excluding hydrogens is 331 g/mol. The third kappa shape index (κ3) is 9.90. The van der Waals surface area contributed by atoms with Crippen LogP contribution >= 0.6 is 6.83 Å². The van der Waals surface area contributed by atoms with Crippen LogP contribution in [0.4, 0.5) is 0 Å². The molecule has 0 atom stereocenters. The molecule has 0 aromatic heterocycles. The van der Waals surface area contributed by atoms with Gasteiger partial charge in [-0.1, -0.05) is 0 Å². The van der Waals surface area contributed by atoms with Gasteiger partial charge in [0.2, 0.25) is 0 Å². The molecule has 0 bridgehead atoms. The molecular formula is C17H37O6P. The van der Waals surface area contributed by atoms with Gasteiger partial charge in [-0.3, -0.25) is 0 Å². The first-order valence-corrected chi connectivity index (χ1v) is 12.0. The summed E-state index contributed by atoms with van der Waals surface area (Å²) < 4.78 is 27.2. The van der Waals surface area contributed by atoms with Crippen LogP contribution in [0.2, 0.25) is 0 Å². The van der Waals surface area contributed by atoms with Crippen molar-refractivity contribution in [3.63, 3.8) is 0 Å². The van der Waals surface area contributed by atoms with Crippen molar-refractivity contribution in [2.24, 2.45) is 0 Å². The van der Waals surface area contributed by atoms with Crippen LogP contribution in [0.15, 0.2) is 0 Å². The van der Waals surface area contributed by atoms with Crippen molar-refractivity contribution in [3.05, 3.63) is 0 Å². The van der Waals surface area contributed by atoms with Gasteiger partial charge in [-0.15, -0.1) is 0 Å². The molecule has 24 heavy (non-hydrogen) atoms. The molecule has 0 N–H and O–H groups in total. The fourth-order valence-electron chi connectivity index (χ4n) is 2.16. The molecule has 0 aliphatic heterocycles. The zero-order chi connectivity index (χ0) is 18.3. The molecule has 6 nitrogen and oxygen atoms in total. The Morgan fingerprint density at radius 1 is 0.833 bits per heavy atom. The van der Waals surface area contributed by atoms with Crippen LogP contribution in [0.3, 0.4) is 0 Å². The predicted molar refractivity (Wildman–Crippen MR) is 99.5 cm³/mol. The van der Waals surface area contributed by atoms with Crippen LogP contribution in [-0.2, 0) is 28.3 Å². The van der Waals surface area contributed by atoms with Gasteiger partial charge in [0, 0.05) is 0 Å². The summed E-state index contributed by atoms with van der Waals surface area (Å²) in [7, 11) is 1.65. The van der Waals surface area contributed by atoms with Crippen LogP contribution in [0.1, 0.15) is 27.2 Å². The molecule has 0 aliphatic carbocycles. The summed E-state index contributed by atoms with van der Waals surface area (Å²) in [5, 5.41) is 0. The van der Waals surface area contributed by atoms with Gasteiger partial charge in [0.15, 0.2) is 0 Å². The van der Waals surface area contributed by atoms with Crippen molar-refractivity contribution < 1.29 is 28.3 Å². The third-order valence-electron chi connectivity index (χ3n) is 4.50. The number of carbonyl (C=O) groups is 1. The van der Waals surface area contributed by atoms with Crippen molar-refractivity contribution in [2.75, 3.05) is 78.5 Å². The Balaban J connectivity index is 4.28. The molecule has 0 saturated heterocycles. The molecule has 0 rings (SSSR count). The molecule has 0 spiro atoms. The topological polar surface area (TPSA) is 63.2 Å². The van der Waals surface area contributed by atoms with Crippen molar-refractivity contribution >= 4 is 12.8 Å². The van der Waals surface area contributed by atoms with E-state index >= 15 is 0 Å². The molecule has 0 radical (unpaired) electrons. The average molecular weight is 368 g/mol. The zero-order valence-electron chi connectivity index (χ0n) is 16.2. The average Bonchev–Trinajstić information content (AvgIpc) is 2.58. The fraction of sp³-hybridized carbons (Fsp3) is 0.941. The van der Waals surface area contributed by atoms with Crippen molar-refractivity contribution in [3.8, 4) is 0 Å². The molecule has 0 heterocycles. The monoisotopic (exact) mass is 368 g/mol. The van der Waals surface area contributed by atoms with Gasteiger partial charge in [0.1, 0.15) is 0 Å². The van der Waals surface area contributed by atoms with E-state index in [1.165, 1.54) is 0 Å². The van der Waals surface area contributed by atoms with Crippen LogP contribution in [-0.4, -0.2) is 84.5 Å². The van der Waals surface area contributed by atoms with Crippen molar-refractivity contribution in [1.29, 1.82) is 0 Å². The Hall–Kier alpha value is -0.260. The van der Waals surface area contributed by atoms with Gasteiger partial charge in [-0.25, -0.2) is 0 Å². The normalized spacial score (nSPS) is 13.5. The zero-order valence-corrected chi connectivity index (χ0v) is 17.1. The fourth-order valence-corrected chi connectivity index (χ4v) is 4.96. The van der Waals surface area contributed by atoms with Crippen LogP contribution in [0.5, 0.6) is 0 Å². The Morgan fingerprint density at radius 3 is 2.00 bits per heavy atom. The number of hydrogen-bond donors (Lipinski definition) is 0. The van der Waals surface area contributed by atoms with E-state index in [0.717, 1.165) is 18.5 Å². The van der Waals surface area contributed by atoms with Gasteiger partial charge < -0.3 is 0 Å². The number of rotatable bonds is 16. The second-order valence-corrected chi connectivity index (χ2v) is 12.4. The van der Waals surface area contributed by atoms with Crippen LogP contribution in [0.25, 0.3) is 0 Å². The van der Waals surface area contributed by atoms with Crippen molar-refractivity contribution in [1.82, 2.24) is 0 Å². The molecule has 0 aromatic carbocycles. The minimum atomic E-state index is -2.53. The number of methoxy groups -OCH3 is 1. The summed E-state index contributed by atoms with van der Waals surface area (Å²) in [5.74, 6) is -0.174. The molecule has 7 heteroatoms. The summed E-state index contributed by atoms with van der Waals surface area (Å²) in [5.41, 5.74) is 0. The van der Waals surface area contributed by atoms with E-state index in [-0.39, 0.29) is 12.4 Å². The first-order valence-electron chi connectivity index (χ1n) is 8.89. The molecule has 0 unspecified atom stereocenters. The second-order valence-electron chi connectivity index (χ2n) is 6.17. The Labute approximate surface area is 147 Å². The first-order chi connectivity index (χ1) is 11.4. The van der Waals surface area contributed by atoms with E-state index in [4.69, 9.17) is 23.5 Å². The maximum absolute atomic E-state index is 12.2. The Kier molecular flexibility index (Phi) is 12.9. The summed E-state index contributed by atoms with van der Waals surface area (Å²) in [6.07, 6.45) is 2.81. The predicted octanol–water partition coefficient (Wildman–Crippen LogP) is 2.77. The summed E-state index contributed by atoms with van der Waals surface area (Å²) in [6.45, 7) is 9.60. The number of hydrogen-bond acceptors (Lipinski definition) is 6. The number of ether oxygens (including phenoxy) is 4. The first kappa shape index (κ1) is 23.7. The van der Waals surface area contributed by atoms with E-state index in [2.05, 4.69) is 20.5 Å². The second kappa shape index (κ2) is 13.0. The SMILES string of the molecule is CCOCCOCCC(=O)OP(C)(CC)(CC)CCOCCOC. The van der Waals surface area contributed by atoms with Gasteiger partial charge in [-0.2, -0.15) is 0 Å². The van der Waals surface area contributed by atoms with Crippen molar-refractivity contribution in [2.45, 2.75) is 27.2 Å². The van der Waals surface area contributed by atoms with Gasteiger partial charge >= 0.3 is 147 Å².